The smallest absolute Gasteiger partial charge is 0.333 e. The normalized spacial score (nSPS) is 20.7. The summed E-state index contributed by atoms with van der Waals surface area (Å²) in [6.07, 6.45) is 15.7. The van der Waals surface area contributed by atoms with Crippen molar-refractivity contribution in [2.45, 2.75) is 292 Å². The largest absolute Gasteiger partial charge is 0.481 e. The Kier molecular flexibility index (Phi) is 54.7. The summed E-state index contributed by atoms with van der Waals surface area (Å²) in [6.45, 7) is 53.3. The average molecular weight is 1840 g/mol. The number of esters is 10. The van der Waals surface area contributed by atoms with Crippen molar-refractivity contribution in [2.75, 3.05) is 66.6 Å². The zero-order valence-electron chi connectivity index (χ0n) is 82.3. The van der Waals surface area contributed by atoms with E-state index in [2.05, 4.69) is 75.6 Å². The van der Waals surface area contributed by atoms with E-state index in [4.69, 9.17) is 57.2 Å². The number of methoxy groups -OCH3 is 1. The van der Waals surface area contributed by atoms with E-state index < -0.39 is 99.0 Å². The Morgan fingerprint density at radius 2 is 0.962 bits per heavy atom. The lowest BCUT2D eigenvalue weighted by Crippen LogP contribution is -2.47. The molecule has 7 rings (SSSR count). The zero-order valence-corrected chi connectivity index (χ0v) is 82.3. The van der Waals surface area contributed by atoms with Crippen LogP contribution in [-0.2, 0) is 126 Å². The Labute approximate surface area is 773 Å². The Morgan fingerprint density at radius 3 is 1.39 bits per heavy atom. The quantitative estimate of drug-likeness (QED) is 0.0159. The first-order valence-corrected chi connectivity index (χ1v) is 45.3. The van der Waals surface area contributed by atoms with Gasteiger partial charge in [0.25, 0.3) is 6.47 Å². The first kappa shape index (κ1) is 120. The van der Waals surface area contributed by atoms with E-state index in [0.29, 0.717) is 70.2 Å². The molecule has 4 aliphatic carbocycles. The minimum absolute atomic E-state index is 0.0251. The summed E-state index contributed by atoms with van der Waals surface area (Å²) in [5, 5.41) is 36.6. The van der Waals surface area contributed by atoms with Gasteiger partial charge in [0.05, 0.1) is 76.7 Å². The highest BCUT2D eigenvalue weighted by atomic mass is 16.6. The summed E-state index contributed by atoms with van der Waals surface area (Å²) in [7, 11) is 1.36. The summed E-state index contributed by atoms with van der Waals surface area (Å²) in [4.78, 5) is 148. The van der Waals surface area contributed by atoms with Crippen molar-refractivity contribution < 1.29 is 140 Å². The highest BCUT2D eigenvalue weighted by Gasteiger charge is 2.56. The molecule has 1 heterocycles. The molecule has 29 heteroatoms. The van der Waals surface area contributed by atoms with E-state index in [-0.39, 0.29) is 117 Å². The lowest BCUT2D eigenvalue weighted by atomic mass is 9.72. The molecule has 29 nitrogen and oxygen atoms in total. The van der Waals surface area contributed by atoms with Crippen LogP contribution >= 0.6 is 0 Å². The molecular formula is C101H158O29. The van der Waals surface area contributed by atoms with Crippen LogP contribution in [-0.4, -0.2) is 190 Å². The van der Waals surface area contributed by atoms with Gasteiger partial charge in [0.1, 0.15) is 64.6 Å². The standard InChI is InChI=1S/C20H28O8.C16H26O2.C13H22O5.C13H18O2.C12H20O5.C11H18O5.C10H14.C6H12O2/c1-5-16(21)26-11-13(12-27-19(25)20(3,4)6-2)28-18(24)15-10-8-7-9-14(15)17(22)23;1-4-16(2,3)15(17)18-14-9-10-8-13(14)12-7-5-6-11(10)12;1-6-13(4,5)12(16)18-8-10(14)7-17-11(15)9(2)3;1-4-13(2,3)12(14)15-10-11-8-6-5-7-9-11;1-5-10(14)16-7-9(13)8-17-11(15)12(3,4)6-2;1-10(6-16-8-12)4-11(2,7-15-5-10)9(13)14-3;1-3-9(2)10-7-5-4-6-8-10;1-4-6(2,3)5(7)8/h5,7-8,13-15H,1,6,9-12H2,2-4H3,(H,22,23);10-14H,4-9H2,1-3H3;10,14H,2,6-8H2,1,3-5H3;5-9H,4,10H2,1-3H3;5,9,13H,1,6-8H2,2-4H3;8H,4-7H2,1-3H3;4-9H,3H2,1-2H3;4H2,1-3H3,(H,7,8). The van der Waals surface area contributed by atoms with Crippen molar-refractivity contribution >= 4 is 78.1 Å². The number of fused-ring (bicyclic) bond motifs is 5. The summed E-state index contributed by atoms with van der Waals surface area (Å²) in [5.74, 6) is -3.71. The maximum Gasteiger partial charge on any atom is 0.333 e. The Morgan fingerprint density at radius 1 is 0.538 bits per heavy atom. The fourth-order valence-electron chi connectivity index (χ4n) is 13.2. The number of benzene rings is 2. The van der Waals surface area contributed by atoms with E-state index in [9.17, 15) is 77.6 Å². The second-order valence-corrected chi connectivity index (χ2v) is 38.3. The highest BCUT2D eigenvalue weighted by molar-refractivity contribution is 5.87. The number of aliphatic hydroxyl groups is 2. The molecule has 2 aromatic carbocycles. The molecule has 0 aromatic heterocycles. The van der Waals surface area contributed by atoms with Crippen LogP contribution in [0.5, 0.6) is 0 Å². The summed E-state index contributed by atoms with van der Waals surface area (Å²) in [5.41, 5.74) is -1.35. The van der Waals surface area contributed by atoms with Gasteiger partial charge < -0.3 is 77.3 Å². The number of aliphatic carboxylic acids is 2. The first-order valence-electron chi connectivity index (χ1n) is 45.3. The molecule has 0 spiro atoms. The molecule has 13 unspecified atom stereocenters. The third-order valence-corrected chi connectivity index (χ3v) is 24.8. The van der Waals surface area contributed by atoms with Crippen LogP contribution in [0.1, 0.15) is 273 Å². The van der Waals surface area contributed by atoms with E-state index >= 15 is 0 Å². The fourth-order valence-corrected chi connectivity index (χ4v) is 13.2. The van der Waals surface area contributed by atoms with Crippen LogP contribution in [0.25, 0.3) is 0 Å². The Balaban J connectivity index is 0.00000149. The number of ether oxygens (including phenoxy) is 12. The van der Waals surface area contributed by atoms with Crippen LogP contribution in [0.15, 0.2) is 110 Å². The van der Waals surface area contributed by atoms with Gasteiger partial charge in [-0.05, 0) is 228 Å². The van der Waals surface area contributed by atoms with Crippen LogP contribution in [0.2, 0.25) is 0 Å². The van der Waals surface area contributed by atoms with Gasteiger partial charge in [0.15, 0.2) is 6.10 Å². The maximum absolute atomic E-state index is 12.5. The summed E-state index contributed by atoms with van der Waals surface area (Å²) < 4.78 is 60.7. The number of rotatable bonds is 39. The van der Waals surface area contributed by atoms with E-state index in [1.807, 2.05) is 99.6 Å². The molecule has 13 atom stereocenters. The van der Waals surface area contributed by atoms with Crippen LogP contribution in [0.4, 0.5) is 0 Å². The Bertz CT molecular complexity index is 3890. The van der Waals surface area contributed by atoms with Crippen molar-refractivity contribution in [3.05, 3.63) is 121 Å². The monoisotopic (exact) mass is 1840 g/mol. The van der Waals surface area contributed by atoms with Crippen LogP contribution < -0.4 is 0 Å². The van der Waals surface area contributed by atoms with Gasteiger partial charge in [-0.25, -0.2) is 14.4 Å². The van der Waals surface area contributed by atoms with Crippen molar-refractivity contribution in [1.82, 2.24) is 0 Å². The number of hydrogen-bond acceptors (Lipinski definition) is 27. The summed E-state index contributed by atoms with van der Waals surface area (Å²) in [6, 6.07) is 20.4. The molecule has 2 bridgehead atoms. The second kappa shape index (κ2) is 59.0. The minimum atomic E-state index is -1.09. The van der Waals surface area contributed by atoms with Crippen LogP contribution in [0, 0.1) is 78.8 Å². The topological polar surface area (TPSA) is 414 Å². The van der Waals surface area contributed by atoms with Gasteiger partial charge in [-0.3, -0.25) is 47.9 Å². The second-order valence-electron chi connectivity index (χ2n) is 38.3. The van der Waals surface area contributed by atoms with Crippen molar-refractivity contribution in [3.8, 4) is 0 Å². The number of hydrogen-bond donors (Lipinski definition) is 4. The van der Waals surface area contributed by atoms with Gasteiger partial charge in [-0.1, -0.05) is 161 Å². The third-order valence-electron chi connectivity index (χ3n) is 24.8. The molecule has 0 amide bonds. The zero-order chi connectivity index (χ0) is 99.8. The lowest BCUT2D eigenvalue weighted by Gasteiger charge is -2.41. The van der Waals surface area contributed by atoms with E-state index in [1.54, 1.807) is 74.5 Å². The molecular weight excluding hydrogens is 1680 g/mol. The molecule has 0 radical (unpaired) electrons. The number of allylic oxidation sites excluding steroid dienone is 2. The molecule has 4 fully saturated rings. The van der Waals surface area contributed by atoms with Crippen molar-refractivity contribution in [3.63, 3.8) is 0 Å². The number of carboxylic acids is 2. The molecule has 736 valence electrons. The molecule has 130 heavy (non-hydrogen) atoms. The van der Waals surface area contributed by atoms with Crippen LogP contribution in [0.3, 0.4) is 0 Å². The fraction of sp³-hybridized carbons (Fsp3) is 0.673. The van der Waals surface area contributed by atoms with Gasteiger partial charge in [-0.2, -0.15) is 0 Å². The van der Waals surface area contributed by atoms with Gasteiger partial charge in [-0.15, -0.1) is 0 Å². The average Bonchev–Trinajstić information content (AvgIpc) is 1.59. The highest BCUT2D eigenvalue weighted by Crippen LogP contribution is 2.59. The molecule has 5 aliphatic rings. The predicted molar refractivity (Wildman–Crippen MR) is 492 cm³/mol. The minimum Gasteiger partial charge on any atom is -0.481 e. The molecule has 1 aliphatic heterocycles. The van der Waals surface area contributed by atoms with Crippen molar-refractivity contribution in [1.29, 1.82) is 0 Å². The predicted octanol–water partition coefficient (Wildman–Crippen LogP) is 17.2. The Hall–Kier alpha value is -9.61. The van der Waals surface area contributed by atoms with Gasteiger partial charge >= 0.3 is 71.6 Å². The third kappa shape index (κ3) is 43.6. The van der Waals surface area contributed by atoms with Crippen molar-refractivity contribution in [2.24, 2.45) is 78.8 Å². The molecule has 4 N–H and O–H groups in total. The molecule has 1 saturated heterocycles. The summed E-state index contributed by atoms with van der Waals surface area (Å²) >= 11 is 0. The number of aliphatic hydroxyl groups excluding tert-OH is 2. The van der Waals surface area contributed by atoms with Gasteiger partial charge in [0, 0.05) is 23.1 Å². The maximum atomic E-state index is 12.5. The van der Waals surface area contributed by atoms with E-state index in [0.717, 1.165) is 54.7 Å². The number of carboxylic acid groups (broad SMARTS) is 2. The molecule has 2 aromatic rings. The van der Waals surface area contributed by atoms with Gasteiger partial charge in [0.2, 0.25) is 0 Å². The number of carbonyl (C=O) groups excluding carboxylic acids is 11. The number of carbonyl (C=O) groups is 13. The first-order chi connectivity index (χ1) is 60.5. The van der Waals surface area contributed by atoms with E-state index in [1.165, 1.54) is 51.7 Å². The molecule has 3 saturated carbocycles. The lowest BCUT2D eigenvalue weighted by molar-refractivity contribution is -0.174. The SMILES string of the molecule is C=C(C)C(=O)OCC(O)COC(=O)C(C)(C)CC.C=CC(=O)OCC(COC(=O)C(C)(C)CC)OC(=O)C1CC=CCC1C(=O)O.C=CC(=O)OCC(O)COC(=O)C(C)(C)CC.CCC(C)(C)C(=O)O.CCC(C)(C)C(=O)OC1CC2CC1C1CCCC21.CCC(C)(C)C(=O)OCc1ccccc1.CCC(C)c1ccccc1.COC(=O)C1(C)COCC(C)(COC=O)C1.